The maximum Gasteiger partial charge on any atom is 0.231 e. The minimum atomic E-state index is -0.252. The van der Waals surface area contributed by atoms with Crippen LogP contribution >= 0.6 is 0 Å². The van der Waals surface area contributed by atoms with Crippen LogP contribution in [0, 0.1) is 0 Å². The summed E-state index contributed by atoms with van der Waals surface area (Å²) in [7, 11) is 4.91. The molecule has 2 aliphatic heterocycles. The van der Waals surface area contributed by atoms with Crippen molar-refractivity contribution in [3.05, 3.63) is 41.7 Å². The van der Waals surface area contributed by atoms with Gasteiger partial charge in [0.15, 0.2) is 22.8 Å². The van der Waals surface area contributed by atoms with Crippen LogP contribution in [0.25, 0.3) is 11.0 Å². The molecule has 3 aromatic rings. The van der Waals surface area contributed by atoms with E-state index in [4.69, 9.17) is 32.8 Å². The molecule has 0 fully saturated rings. The van der Waals surface area contributed by atoms with E-state index in [-0.39, 0.29) is 19.0 Å². The first-order chi connectivity index (χ1) is 13.7. The lowest BCUT2D eigenvalue weighted by atomic mass is 9.92. The van der Waals surface area contributed by atoms with Crippen molar-refractivity contribution in [1.82, 2.24) is 0 Å². The molecule has 146 valence electrons. The van der Waals surface area contributed by atoms with Gasteiger partial charge in [-0.15, -0.1) is 0 Å². The average molecular weight is 384 g/mol. The second kappa shape index (κ2) is 6.53. The normalized spacial score (nSPS) is 20.0. The molecule has 2 aliphatic rings. The monoisotopic (exact) mass is 384 g/mol. The van der Waals surface area contributed by atoms with Crippen LogP contribution in [0.4, 0.5) is 0 Å². The topological polar surface area (TPSA) is 68.5 Å². The predicted molar refractivity (Wildman–Crippen MR) is 99.6 cm³/mol. The van der Waals surface area contributed by atoms with Crippen molar-refractivity contribution in [3.8, 4) is 28.7 Å². The molecule has 28 heavy (non-hydrogen) atoms. The third-order valence-electron chi connectivity index (χ3n) is 5.28. The smallest absolute Gasteiger partial charge is 0.231 e. The summed E-state index contributed by atoms with van der Waals surface area (Å²) in [4.78, 5) is 0. The highest BCUT2D eigenvalue weighted by atomic mass is 16.7. The van der Waals surface area contributed by atoms with Crippen molar-refractivity contribution in [1.29, 1.82) is 0 Å². The van der Waals surface area contributed by atoms with E-state index in [0.717, 1.165) is 22.3 Å². The Morgan fingerprint density at radius 2 is 1.79 bits per heavy atom. The van der Waals surface area contributed by atoms with Gasteiger partial charge < -0.3 is 32.8 Å². The molecular weight excluding hydrogens is 364 g/mol. The second-order valence-electron chi connectivity index (χ2n) is 6.65. The molecule has 7 nitrogen and oxygen atoms in total. The highest BCUT2D eigenvalue weighted by Gasteiger charge is 2.37. The first kappa shape index (κ1) is 17.1. The fourth-order valence-electron chi connectivity index (χ4n) is 3.99. The third kappa shape index (κ3) is 2.39. The third-order valence-corrected chi connectivity index (χ3v) is 5.28. The van der Waals surface area contributed by atoms with Gasteiger partial charge in [-0.25, -0.2) is 0 Å². The number of methoxy groups -OCH3 is 3. The van der Waals surface area contributed by atoms with E-state index in [0.29, 0.717) is 35.0 Å². The van der Waals surface area contributed by atoms with E-state index in [2.05, 4.69) is 0 Å². The van der Waals surface area contributed by atoms with Gasteiger partial charge in [0.2, 0.25) is 12.5 Å². The Kier molecular flexibility index (Phi) is 3.98. The number of benzene rings is 2. The Morgan fingerprint density at radius 1 is 0.964 bits per heavy atom. The minimum Gasteiger partial charge on any atom is -0.495 e. The molecule has 5 rings (SSSR count). The Morgan fingerprint density at radius 3 is 2.57 bits per heavy atom. The van der Waals surface area contributed by atoms with E-state index >= 15 is 0 Å². The van der Waals surface area contributed by atoms with Crippen LogP contribution in [0.2, 0.25) is 0 Å². The number of ether oxygens (including phenoxy) is 6. The van der Waals surface area contributed by atoms with E-state index in [1.54, 1.807) is 27.6 Å². The second-order valence-corrected chi connectivity index (χ2v) is 6.65. The van der Waals surface area contributed by atoms with Crippen molar-refractivity contribution in [2.45, 2.75) is 18.6 Å². The molecule has 2 aromatic carbocycles. The minimum absolute atomic E-state index is 0.231. The van der Waals surface area contributed by atoms with E-state index in [1.165, 1.54) is 0 Å². The zero-order chi connectivity index (χ0) is 19.3. The summed E-state index contributed by atoms with van der Waals surface area (Å²) in [5.74, 6) is 3.23. The molecule has 2 atom stereocenters. The summed E-state index contributed by atoms with van der Waals surface area (Å²) in [6.45, 7) is 0.231. The summed E-state index contributed by atoms with van der Waals surface area (Å²) in [5, 5.41) is 0.824. The van der Waals surface area contributed by atoms with Crippen LogP contribution in [0.5, 0.6) is 28.7 Å². The van der Waals surface area contributed by atoms with Gasteiger partial charge in [-0.3, -0.25) is 0 Å². The van der Waals surface area contributed by atoms with Crippen molar-refractivity contribution in [3.63, 3.8) is 0 Å². The first-order valence-corrected chi connectivity index (χ1v) is 8.99. The zero-order valence-corrected chi connectivity index (χ0v) is 15.8. The number of rotatable bonds is 4. The van der Waals surface area contributed by atoms with Gasteiger partial charge in [-0.05, 0) is 23.8 Å². The maximum atomic E-state index is 6.41. The summed E-state index contributed by atoms with van der Waals surface area (Å²) < 4.78 is 40.2. The molecule has 0 radical (unpaired) electrons. The lowest BCUT2D eigenvalue weighted by Gasteiger charge is -2.33. The molecule has 0 N–H and O–H groups in total. The highest BCUT2D eigenvalue weighted by molar-refractivity contribution is 5.94. The van der Waals surface area contributed by atoms with Crippen LogP contribution < -0.4 is 23.7 Å². The molecular formula is C21H20O7. The van der Waals surface area contributed by atoms with E-state index in [9.17, 15) is 0 Å². The number of hydrogen-bond acceptors (Lipinski definition) is 7. The van der Waals surface area contributed by atoms with Crippen molar-refractivity contribution >= 4 is 11.0 Å². The summed E-state index contributed by atoms with van der Waals surface area (Å²) in [6, 6.07) is 7.67. The fourth-order valence-corrected chi connectivity index (χ4v) is 3.99. The maximum absolute atomic E-state index is 6.41. The van der Waals surface area contributed by atoms with Crippen LogP contribution in [0.3, 0.4) is 0 Å². The average Bonchev–Trinajstić information content (AvgIpc) is 3.39. The Hall–Kier alpha value is -3.06. The summed E-state index contributed by atoms with van der Waals surface area (Å²) >= 11 is 0. The van der Waals surface area contributed by atoms with Crippen LogP contribution in [0.15, 0.2) is 34.9 Å². The van der Waals surface area contributed by atoms with Crippen molar-refractivity contribution in [2.24, 2.45) is 0 Å². The van der Waals surface area contributed by atoms with Gasteiger partial charge in [-0.1, -0.05) is 6.07 Å². The van der Waals surface area contributed by atoms with Gasteiger partial charge in [0.1, 0.15) is 11.9 Å². The number of fused-ring (bicyclic) bond motifs is 3. The molecule has 0 spiro atoms. The van der Waals surface area contributed by atoms with Gasteiger partial charge in [0.25, 0.3) is 0 Å². The SMILES string of the molecule is COc1c2c(c(OC)c3occc13)O[C@@H](c1ccc3c(c1)OCO3)C[C@H]2OC. The molecule has 0 aliphatic carbocycles. The Balaban J connectivity index is 1.66. The van der Waals surface area contributed by atoms with Crippen LogP contribution in [-0.2, 0) is 4.74 Å². The molecule has 3 heterocycles. The molecule has 1 aromatic heterocycles. The lowest BCUT2D eigenvalue weighted by Crippen LogP contribution is -2.21. The van der Waals surface area contributed by atoms with Crippen molar-refractivity contribution in [2.75, 3.05) is 28.1 Å². The first-order valence-electron chi connectivity index (χ1n) is 8.99. The Labute approximate surface area is 161 Å². The number of hydrogen-bond donors (Lipinski definition) is 0. The molecule has 0 amide bonds. The largest absolute Gasteiger partial charge is 0.495 e. The number of furan rings is 1. The molecule has 0 unspecified atom stereocenters. The quantitative estimate of drug-likeness (QED) is 0.661. The van der Waals surface area contributed by atoms with E-state index in [1.807, 2.05) is 24.3 Å². The van der Waals surface area contributed by atoms with Gasteiger partial charge in [0.05, 0.1) is 37.5 Å². The molecule has 0 bridgehead atoms. The Bertz CT molecular complexity index is 1040. The molecule has 0 saturated carbocycles. The predicted octanol–water partition coefficient (Wildman–Crippen LogP) is 4.39. The van der Waals surface area contributed by atoms with Gasteiger partial charge in [-0.2, -0.15) is 0 Å². The van der Waals surface area contributed by atoms with Crippen LogP contribution in [0.1, 0.15) is 29.8 Å². The van der Waals surface area contributed by atoms with Crippen LogP contribution in [-0.4, -0.2) is 28.1 Å². The lowest BCUT2D eigenvalue weighted by molar-refractivity contribution is 0.0267. The fraction of sp³-hybridized carbons (Fsp3) is 0.333. The summed E-state index contributed by atoms with van der Waals surface area (Å²) in [6.07, 6.45) is 1.74. The zero-order valence-electron chi connectivity index (χ0n) is 15.8. The van der Waals surface area contributed by atoms with Gasteiger partial charge in [0, 0.05) is 13.5 Å². The van der Waals surface area contributed by atoms with Gasteiger partial charge >= 0.3 is 0 Å². The molecule has 0 saturated heterocycles. The molecule has 7 heteroatoms. The van der Waals surface area contributed by atoms with Crippen molar-refractivity contribution < 1.29 is 32.8 Å². The van der Waals surface area contributed by atoms with E-state index < -0.39 is 0 Å². The highest BCUT2D eigenvalue weighted by Crippen LogP contribution is 2.55. The summed E-state index contributed by atoms with van der Waals surface area (Å²) in [5.41, 5.74) is 2.38. The standard InChI is InChI=1S/C21H20O7/c1-22-16-9-14(11-4-5-13-15(8-11)27-10-26-13)28-20-17(16)18(23-2)12-6-7-25-19(12)21(20)24-3/h4-8,14,16H,9-10H2,1-3H3/t14-,16-/m1/s1.